The summed E-state index contributed by atoms with van der Waals surface area (Å²) in [5.74, 6) is 1.91. The fourth-order valence-corrected chi connectivity index (χ4v) is 5.65. The van der Waals surface area contributed by atoms with Gasteiger partial charge in [0.25, 0.3) is 0 Å². The van der Waals surface area contributed by atoms with Crippen LogP contribution in [0.2, 0.25) is 0 Å². The lowest BCUT2D eigenvalue weighted by Crippen LogP contribution is -2.51. The van der Waals surface area contributed by atoms with Crippen LogP contribution in [0.15, 0.2) is 60.9 Å². The normalized spacial score (nSPS) is 20.7. The highest BCUT2D eigenvalue weighted by Crippen LogP contribution is 2.38. The molecule has 1 fully saturated rings. The van der Waals surface area contributed by atoms with E-state index in [1.165, 1.54) is 11.1 Å². The van der Waals surface area contributed by atoms with Gasteiger partial charge in [-0.2, -0.15) is 0 Å². The molecule has 0 bridgehead atoms. The first-order valence-corrected chi connectivity index (χ1v) is 13.6. The number of carbonyl (C=O) groups is 1. The average Bonchev–Trinajstić information content (AvgIpc) is 2.92. The number of piperidine rings is 1. The second-order valence-electron chi connectivity index (χ2n) is 10.8. The predicted molar refractivity (Wildman–Crippen MR) is 146 cm³/mol. The molecule has 0 aliphatic carbocycles. The highest BCUT2D eigenvalue weighted by Gasteiger charge is 2.41. The van der Waals surface area contributed by atoms with E-state index in [-0.39, 0.29) is 17.4 Å². The maximum Gasteiger partial charge on any atom is 0.226 e. The summed E-state index contributed by atoms with van der Waals surface area (Å²) in [6, 6.07) is 16.5. The smallest absolute Gasteiger partial charge is 0.226 e. The summed E-state index contributed by atoms with van der Waals surface area (Å²) in [5.41, 5.74) is 4.33. The lowest BCUT2D eigenvalue weighted by atomic mass is 9.73. The van der Waals surface area contributed by atoms with Crippen molar-refractivity contribution in [1.29, 1.82) is 0 Å². The van der Waals surface area contributed by atoms with Crippen molar-refractivity contribution in [1.82, 2.24) is 20.2 Å². The van der Waals surface area contributed by atoms with Crippen LogP contribution in [-0.2, 0) is 17.8 Å². The van der Waals surface area contributed by atoms with Gasteiger partial charge in [0.15, 0.2) is 5.82 Å². The number of rotatable bonds is 3. The van der Waals surface area contributed by atoms with E-state index >= 15 is 0 Å². The van der Waals surface area contributed by atoms with Gasteiger partial charge >= 0.3 is 0 Å². The van der Waals surface area contributed by atoms with Gasteiger partial charge in [-0.05, 0) is 76.2 Å². The number of nitrogens with zero attached hydrogens (tertiary/aromatic N) is 3. The highest BCUT2D eigenvalue weighted by atomic mass is 16.5. The van der Waals surface area contributed by atoms with Crippen molar-refractivity contribution < 1.29 is 9.53 Å². The number of benzene rings is 2. The molecule has 3 heterocycles. The largest absolute Gasteiger partial charge is 0.491 e. The zero-order chi connectivity index (χ0) is 25.7. The van der Waals surface area contributed by atoms with Crippen LogP contribution in [0.4, 0.5) is 0 Å². The third-order valence-electron chi connectivity index (χ3n) is 7.98. The van der Waals surface area contributed by atoms with Gasteiger partial charge < -0.3 is 10.1 Å². The Hall–Kier alpha value is -3.25. The topological polar surface area (TPSA) is 67.3 Å². The molecule has 1 amide bonds. The Morgan fingerprint density at radius 3 is 2.51 bits per heavy atom. The molecule has 1 spiro atoms. The van der Waals surface area contributed by atoms with Crippen LogP contribution in [0.1, 0.15) is 55.7 Å². The van der Waals surface area contributed by atoms with Gasteiger partial charge in [0, 0.05) is 30.1 Å². The molecule has 0 saturated carbocycles. The van der Waals surface area contributed by atoms with Crippen molar-refractivity contribution in [2.75, 3.05) is 19.7 Å². The van der Waals surface area contributed by atoms with E-state index < -0.39 is 0 Å². The van der Waals surface area contributed by atoms with Crippen molar-refractivity contribution in [3.8, 4) is 17.1 Å². The molecule has 2 aliphatic heterocycles. The molecule has 37 heavy (non-hydrogen) atoms. The lowest BCUT2D eigenvalue weighted by Gasteiger charge is -2.41. The van der Waals surface area contributed by atoms with E-state index in [0.717, 1.165) is 80.9 Å². The van der Waals surface area contributed by atoms with E-state index in [2.05, 4.69) is 51.4 Å². The molecule has 0 unspecified atom stereocenters. The van der Waals surface area contributed by atoms with E-state index in [9.17, 15) is 4.79 Å². The molecule has 1 aromatic heterocycles. The summed E-state index contributed by atoms with van der Waals surface area (Å²) in [6.07, 6.45) is 9.70. The van der Waals surface area contributed by atoms with Crippen LogP contribution in [-0.4, -0.2) is 46.5 Å². The van der Waals surface area contributed by atoms with Crippen LogP contribution in [0.25, 0.3) is 11.4 Å². The van der Waals surface area contributed by atoms with E-state index in [1.54, 1.807) is 0 Å². The van der Waals surface area contributed by atoms with Crippen LogP contribution >= 0.6 is 0 Å². The third-order valence-corrected chi connectivity index (χ3v) is 7.98. The number of ether oxygens (including phenoxy) is 1. The zero-order valence-corrected chi connectivity index (χ0v) is 22.1. The Labute approximate surface area is 220 Å². The molecule has 3 aromatic rings. The monoisotopic (exact) mass is 498 g/mol. The fourth-order valence-electron chi connectivity index (χ4n) is 5.65. The molecular weight excluding hydrogens is 460 g/mol. The molecule has 2 aliphatic rings. The number of para-hydroxylation sites is 1. The number of carbonyl (C=O) groups excluding carboxylic acids is 1. The van der Waals surface area contributed by atoms with Crippen LogP contribution in [0, 0.1) is 12.3 Å². The quantitative estimate of drug-likeness (QED) is 0.528. The van der Waals surface area contributed by atoms with Gasteiger partial charge in [0.1, 0.15) is 12.4 Å². The van der Waals surface area contributed by atoms with Crippen LogP contribution < -0.4 is 10.1 Å². The minimum atomic E-state index is -0.297. The summed E-state index contributed by atoms with van der Waals surface area (Å²) < 4.78 is 6.09. The second kappa shape index (κ2) is 11.4. The first-order chi connectivity index (χ1) is 18.0. The Kier molecular flexibility index (Phi) is 7.85. The van der Waals surface area contributed by atoms with E-state index in [4.69, 9.17) is 4.74 Å². The number of fused-ring (bicyclic) bond motifs is 1. The second-order valence-corrected chi connectivity index (χ2v) is 10.8. The number of amides is 1. The molecule has 6 nitrogen and oxygen atoms in total. The number of hydrogen-bond acceptors (Lipinski definition) is 5. The Balaban J connectivity index is 1.21. The predicted octanol–water partition coefficient (Wildman–Crippen LogP) is 5.34. The first-order valence-electron chi connectivity index (χ1n) is 13.6. The lowest BCUT2D eigenvalue weighted by molar-refractivity contribution is -0.135. The van der Waals surface area contributed by atoms with E-state index in [0.29, 0.717) is 6.61 Å². The first kappa shape index (κ1) is 25.4. The summed E-state index contributed by atoms with van der Waals surface area (Å²) in [6.45, 7) is 7.23. The van der Waals surface area contributed by atoms with Gasteiger partial charge in [-0.25, -0.2) is 9.97 Å². The molecule has 1 saturated heterocycles. The Bertz CT molecular complexity index is 1200. The molecule has 2 aromatic carbocycles. The number of nitrogens with one attached hydrogen (secondary N) is 1. The van der Waals surface area contributed by atoms with Gasteiger partial charge in [0.05, 0.1) is 11.5 Å². The highest BCUT2D eigenvalue weighted by molar-refractivity contribution is 5.83. The van der Waals surface area contributed by atoms with Gasteiger partial charge in [-0.15, -0.1) is 0 Å². The molecule has 5 rings (SSSR count). The maximum absolute atomic E-state index is 13.5. The molecule has 0 radical (unpaired) electrons. The van der Waals surface area contributed by atoms with Gasteiger partial charge in [0.2, 0.25) is 5.91 Å². The van der Waals surface area contributed by atoms with Crippen molar-refractivity contribution in [2.45, 2.75) is 65.0 Å². The van der Waals surface area contributed by atoms with Crippen LogP contribution in [0.5, 0.6) is 5.75 Å². The fraction of sp³-hybridized carbons (Fsp3) is 0.452. The summed E-state index contributed by atoms with van der Waals surface area (Å²) in [4.78, 5) is 25.2. The average molecular weight is 499 g/mol. The van der Waals surface area contributed by atoms with Crippen molar-refractivity contribution in [2.24, 2.45) is 5.41 Å². The van der Waals surface area contributed by atoms with Crippen LogP contribution in [0.3, 0.4) is 0 Å². The SMILES string of the molecule is Cc1ccccc1-c1ncc(CN2CCC3(CCCCc4ccccc4OC[C@@H](C)NC3=O)CC2)cn1. The third kappa shape index (κ3) is 6.02. The number of aromatic nitrogens is 2. The number of likely N-dealkylation sites (tertiary alicyclic amines) is 1. The molecule has 1 N–H and O–H groups in total. The number of aryl methyl sites for hydroxylation is 2. The Morgan fingerprint density at radius 1 is 1.00 bits per heavy atom. The molecule has 6 heteroatoms. The van der Waals surface area contributed by atoms with Crippen molar-refractivity contribution in [3.05, 3.63) is 77.6 Å². The van der Waals surface area contributed by atoms with Crippen molar-refractivity contribution in [3.63, 3.8) is 0 Å². The molecular formula is C31H38N4O2. The summed E-state index contributed by atoms with van der Waals surface area (Å²) >= 11 is 0. The van der Waals surface area contributed by atoms with E-state index in [1.807, 2.05) is 43.6 Å². The standard InChI is InChI=1S/C31H38N4O2/c1-23-9-3-5-12-27(23)29-32-19-25(20-33-29)21-35-17-15-31(16-18-35)14-8-7-11-26-10-4-6-13-28(26)37-22-24(2)34-30(31)36/h3-6,9-10,12-13,19-20,24H,7-8,11,14-18,21-22H2,1-2H3,(H,34,36)/t24-/m1/s1. The summed E-state index contributed by atoms with van der Waals surface area (Å²) in [5, 5.41) is 3.28. The maximum atomic E-state index is 13.5. The van der Waals surface area contributed by atoms with Gasteiger partial charge in [-0.1, -0.05) is 48.9 Å². The zero-order valence-electron chi connectivity index (χ0n) is 22.1. The minimum Gasteiger partial charge on any atom is -0.491 e. The van der Waals surface area contributed by atoms with Gasteiger partial charge in [-0.3, -0.25) is 9.69 Å². The molecule has 194 valence electrons. The molecule has 1 atom stereocenters. The number of hydrogen-bond donors (Lipinski definition) is 1. The van der Waals surface area contributed by atoms with Crippen molar-refractivity contribution >= 4 is 5.91 Å². The minimum absolute atomic E-state index is 0.0289. The summed E-state index contributed by atoms with van der Waals surface area (Å²) in [7, 11) is 0. The Morgan fingerprint density at radius 2 is 1.73 bits per heavy atom.